The summed E-state index contributed by atoms with van der Waals surface area (Å²) in [5, 5.41) is 0. The Morgan fingerprint density at radius 3 is 1.90 bits per heavy atom. The van der Waals surface area contributed by atoms with E-state index in [0.29, 0.717) is 11.1 Å². The maximum Gasteiger partial charge on any atom is 0.338 e. The van der Waals surface area contributed by atoms with Gasteiger partial charge in [-0.15, -0.1) is 0 Å². The van der Waals surface area contributed by atoms with Gasteiger partial charge in [-0.2, -0.15) is 0 Å². The number of benzene rings is 2. The van der Waals surface area contributed by atoms with Crippen LogP contribution in [0.25, 0.3) is 0 Å². The number of hydrogen-bond acceptors (Lipinski definition) is 3. The van der Waals surface area contributed by atoms with Crippen molar-refractivity contribution in [1.29, 1.82) is 0 Å². The van der Waals surface area contributed by atoms with Crippen molar-refractivity contribution in [2.45, 2.75) is 24.9 Å². The molecule has 0 amide bonds. The number of ketones is 1. The summed E-state index contributed by atoms with van der Waals surface area (Å²) >= 11 is 0. The molecule has 1 aliphatic rings. The SMILES string of the molecule is O=C(CC1(OC(=O)c2ccccc2)CC1)c1ccccc1. The van der Waals surface area contributed by atoms with Gasteiger partial charge in [0.2, 0.25) is 0 Å². The molecule has 3 rings (SSSR count). The molecular weight excluding hydrogens is 264 g/mol. The fourth-order valence-electron chi connectivity index (χ4n) is 2.30. The van der Waals surface area contributed by atoms with Crippen LogP contribution in [0.4, 0.5) is 0 Å². The van der Waals surface area contributed by atoms with Gasteiger partial charge in [0.25, 0.3) is 0 Å². The van der Waals surface area contributed by atoms with Gasteiger partial charge in [-0.25, -0.2) is 4.79 Å². The van der Waals surface area contributed by atoms with Crippen molar-refractivity contribution in [3.8, 4) is 0 Å². The van der Waals surface area contributed by atoms with Gasteiger partial charge in [0, 0.05) is 5.56 Å². The summed E-state index contributed by atoms with van der Waals surface area (Å²) in [5.41, 5.74) is 0.593. The first-order valence-electron chi connectivity index (χ1n) is 7.05. The van der Waals surface area contributed by atoms with E-state index in [2.05, 4.69) is 0 Å². The zero-order chi connectivity index (χ0) is 14.7. The van der Waals surface area contributed by atoms with Crippen molar-refractivity contribution in [3.63, 3.8) is 0 Å². The highest BCUT2D eigenvalue weighted by molar-refractivity contribution is 5.97. The Balaban J connectivity index is 1.66. The molecule has 3 nitrogen and oxygen atoms in total. The van der Waals surface area contributed by atoms with Crippen LogP contribution in [-0.2, 0) is 4.74 Å². The Morgan fingerprint density at radius 2 is 1.38 bits per heavy atom. The predicted octanol–water partition coefficient (Wildman–Crippen LogP) is 3.65. The summed E-state index contributed by atoms with van der Waals surface area (Å²) < 4.78 is 5.57. The molecule has 21 heavy (non-hydrogen) atoms. The molecule has 0 aromatic heterocycles. The first-order chi connectivity index (χ1) is 10.2. The number of ether oxygens (including phenoxy) is 1. The minimum atomic E-state index is -0.597. The summed E-state index contributed by atoms with van der Waals surface area (Å²) in [7, 11) is 0. The molecule has 1 saturated carbocycles. The van der Waals surface area contributed by atoms with Gasteiger partial charge >= 0.3 is 5.97 Å². The van der Waals surface area contributed by atoms with Crippen molar-refractivity contribution in [3.05, 3.63) is 71.8 Å². The van der Waals surface area contributed by atoms with Crippen LogP contribution in [0.3, 0.4) is 0 Å². The third kappa shape index (κ3) is 3.19. The van der Waals surface area contributed by atoms with Crippen LogP contribution >= 0.6 is 0 Å². The number of rotatable bonds is 5. The average molecular weight is 280 g/mol. The molecule has 0 unspecified atom stereocenters. The fraction of sp³-hybridized carbons (Fsp3) is 0.222. The molecule has 0 spiro atoms. The van der Waals surface area contributed by atoms with Crippen molar-refractivity contribution >= 4 is 11.8 Å². The lowest BCUT2D eigenvalue weighted by Crippen LogP contribution is -2.23. The van der Waals surface area contributed by atoms with Crippen LogP contribution in [0.5, 0.6) is 0 Å². The quantitative estimate of drug-likeness (QED) is 0.620. The van der Waals surface area contributed by atoms with Gasteiger partial charge in [-0.05, 0) is 25.0 Å². The van der Waals surface area contributed by atoms with E-state index in [1.807, 2.05) is 24.3 Å². The summed E-state index contributed by atoms with van der Waals surface area (Å²) in [6.45, 7) is 0. The minimum absolute atomic E-state index is 0.0222. The molecule has 0 heterocycles. The number of Topliss-reactive ketones (excluding diaryl/α,β-unsaturated/α-hetero) is 1. The lowest BCUT2D eigenvalue weighted by Gasteiger charge is -2.16. The van der Waals surface area contributed by atoms with E-state index < -0.39 is 5.60 Å². The lowest BCUT2D eigenvalue weighted by atomic mass is 10.0. The monoisotopic (exact) mass is 280 g/mol. The molecule has 0 atom stereocenters. The Kier molecular flexibility index (Phi) is 3.57. The second-order valence-electron chi connectivity index (χ2n) is 5.40. The van der Waals surface area contributed by atoms with Gasteiger partial charge in [0.05, 0.1) is 12.0 Å². The highest BCUT2D eigenvalue weighted by Gasteiger charge is 2.48. The van der Waals surface area contributed by atoms with E-state index >= 15 is 0 Å². The van der Waals surface area contributed by atoms with E-state index in [-0.39, 0.29) is 18.2 Å². The standard InChI is InChI=1S/C18H16O3/c19-16(14-7-3-1-4-8-14)13-18(11-12-18)21-17(20)15-9-5-2-6-10-15/h1-10H,11-13H2. The average Bonchev–Trinajstić information content (AvgIpc) is 3.28. The molecule has 0 bridgehead atoms. The summed E-state index contributed by atoms with van der Waals surface area (Å²) in [6, 6.07) is 18.0. The number of hydrogen-bond donors (Lipinski definition) is 0. The normalized spacial score (nSPS) is 15.2. The molecule has 0 radical (unpaired) electrons. The largest absolute Gasteiger partial charge is 0.455 e. The topological polar surface area (TPSA) is 43.4 Å². The highest BCUT2D eigenvalue weighted by atomic mass is 16.6. The maximum absolute atomic E-state index is 12.2. The molecule has 0 N–H and O–H groups in total. The zero-order valence-electron chi connectivity index (χ0n) is 11.6. The molecule has 2 aromatic rings. The van der Waals surface area contributed by atoms with E-state index in [0.717, 1.165) is 12.8 Å². The van der Waals surface area contributed by atoms with Crippen LogP contribution in [0.2, 0.25) is 0 Å². The first-order valence-corrected chi connectivity index (χ1v) is 7.05. The van der Waals surface area contributed by atoms with Crippen LogP contribution in [0.1, 0.15) is 40.0 Å². The summed E-state index contributed by atoms with van der Waals surface area (Å²) in [4.78, 5) is 24.3. The Bertz CT molecular complexity index is 587. The first kappa shape index (κ1) is 13.6. The summed E-state index contributed by atoms with van der Waals surface area (Å²) in [6.07, 6.45) is 1.77. The highest BCUT2D eigenvalue weighted by Crippen LogP contribution is 2.44. The summed E-state index contributed by atoms with van der Waals surface area (Å²) in [5.74, 6) is -0.331. The number of carbonyl (C=O) groups excluding carboxylic acids is 2. The second kappa shape index (κ2) is 5.52. The molecule has 1 fully saturated rings. The molecule has 1 aliphatic carbocycles. The van der Waals surface area contributed by atoms with E-state index in [4.69, 9.17) is 4.74 Å². The maximum atomic E-state index is 12.2. The Labute approximate surface area is 123 Å². The Morgan fingerprint density at radius 1 is 0.857 bits per heavy atom. The molecular formula is C18H16O3. The molecule has 0 saturated heterocycles. The minimum Gasteiger partial charge on any atom is -0.455 e. The molecule has 0 aliphatic heterocycles. The van der Waals surface area contributed by atoms with Crippen molar-refractivity contribution < 1.29 is 14.3 Å². The van der Waals surface area contributed by atoms with Crippen molar-refractivity contribution in [2.75, 3.05) is 0 Å². The third-order valence-corrected chi connectivity index (χ3v) is 3.70. The predicted molar refractivity (Wildman–Crippen MR) is 79.2 cm³/mol. The van der Waals surface area contributed by atoms with Crippen molar-refractivity contribution in [1.82, 2.24) is 0 Å². The van der Waals surface area contributed by atoms with Crippen LogP contribution in [-0.4, -0.2) is 17.4 Å². The third-order valence-electron chi connectivity index (χ3n) is 3.70. The van der Waals surface area contributed by atoms with Gasteiger partial charge in [-0.3, -0.25) is 4.79 Å². The molecule has 2 aromatic carbocycles. The van der Waals surface area contributed by atoms with E-state index in [9.17, 15) is 9.59 Å². The number of carbonyl (C=O) groups is 2. The van der Waals surface area contributed by atoms with Gasteiger partial charge in [-0.1, -0.05) is 48.5 Å². The Hall–Kier alpha value is -2.42. The fourth-order valence-corrected chi connectivity index (χ4v) is 2.30. The van der Waals surface area contributed by atoms with Crippen LogP contribution in [0.15, 0.2) is 60.7 Å². The molecule has 106 valence electrons. The lowest BCUT2D eigenvalue weighted by molar-refractivity contribution is 0.0209. The van der Waals surface area contributed by atoms with E-state index in [1.165, 1.54) is 0 Å². The van der Waals surface area contributed by atoms with Gasteiger partial charge < -0.3 is 4.74 Å². The van der Waals surface area contributed by atoms with Crippen LogP contribution in [0, 0.1) is 0 Å². The van der Waals surface area contributed by atoms with Crippen molar-refractivity contribution in [2.24, 2.45) is 0 Å². The zero-order valence-corrected chi connectivity index (χ0v) is 11.6. The van der Waals surface area contributed by atoms with Gasteiger partial charge in [0.15, 0.2) is 5.78 Å². The van der Waals surface area contributed by atoms with E-state index in [1.54, 1.807) is 36.4 Å². The van der Waals surface area contributed by atoms with Crippen LogP contribution < -0.4 is 0 Å². The molecule has 3 heteroatoms. The number of esters is 1. The smallest absolute Gasteiger partial charge is 0.338 e. The van der Waals surface area contributed by atoms with Gasteiger partial charge in [0.1, 0.15) is 5.60 Å². The second-order valence-corrected chi connectivity index (χ2v) is 5.40.